The fourth-order valence-electron chi connectivity index (χ4n) is 3.28. The largest absolute Gasteiger partial charge is 0.480 e. The number of likely N-dealkylation sites (N-methyl/N-ethyl adjacent to an activating group) is 1. The van der Waals surface area contributed by atoms with Gasteiger partial charge in [-0.3, -0.25) is 14.5 Å². The number of carbonyl (C=O) groups is 2. The molecule has 7 heteroatoms. The molecule has 2 aromatic rings. The van der Waals surface area contributed by atoms with E-state index in [1.807, 2.05) is 37.3 Å². The molecule has 0 aliphatic carbocycles. The van der Waals surface area contributed by atoms with E-state index in [0.717, 1.165) is 16.5 Å². The Bertz CT molecular complexity index is 824. The summed E-state index contributed by atoms with van der Waals surface area (Å²) < 4.78 is 5.69. The number of ether oxygens (including phenoxy) is 1. The molecule has 0 saturated carbocycles. The van der Waals surface area contributed by atoms with Crippen molar-refractivity contribution in [2.45, 2.75) is 13.0 Å². The number of carbonyl (C=O) groups excluding carboxylic acids is 1. The topological polar surface area (TPSA) is 83.0 Å². The van der Waals surface area contributed by atoms with E-state index in [1.54, 1.807) is 16.8 Å². The number of pyridine rings is 1. The zero-order chi connectivity index (χ0) is 18.7. The van der Waals surface area contributed by atoms with Crippen LogP contribution in [0.2, 0.25) is 0 Å². The lowest BCUT2D eigenvalue weighted by atomic mass is 10.1. The van der Waals surface area contributed by atoms with Gasteiger partial charge in [0.1, 0.15) is 5.69 Å². The normalized spacial score (nSPS) is 17.7. The SMILES string of the molecule is Cc1cc(C(=O)N2CCO[C@@H](CN(C)CC(=O)O)C2)nc2ccccc12. The van der Waals surface area contributed by atoms with Gasteiger partial charge in [-0.1, -0.05) is 18.2 Å². The molecule has 26 heavy (non-hydrogen) atoms. The maximum absolute atomic E-state index is 12.9. The number of carboxylic acid groups (broad SMARTS) is 1. The molecule has 138 valence electrons. The molecule has 0 spiro atoms. The van der Waals surface area contributed by atoms with Crippen molar-refractivity contribution in [1.82, 2.24) is 14.8 Å². The molecule has 0 radical (unpaired) electrons. The van der Waals surface area contributed by atoms with Crippen LogP contribution in [0.4, 0.5) is 0 Å². The summed E-state index contributed by atoms with van der Waals surface area (Å²) in [6.45, 7) is 3.75. The van der Waals surface area contributed by atoms with E-state index in [9.17, 15) is 9.59 Å². The number of para-hydroxylation sites is 1. The number of amides is 1. The first-order valence-electron chi connectivity index (χ1n) is 8.61. The summed E-state index contributed by atoms with van der Waals surface area (Å²) in [6.07, 6.45) is -0.210. The maximum Gasteiger partial charge on any atom is 0.317 e. The molecule has 1 atom stereocenters. The van der Waals surface area contributed by atoms with Gasteiger partial charge in [0.2, 0.25) is 0 Å². The average Bonchev–Trinajstić information content (AvgIpc) is 2.60. The third-order valence-corrected chi connectivity index (χ3v) is 4.49. The molecule has 1 aromatic carbocycles. The van der Waals surface area contributed by atoms with Crippen molar-refractivity contribution in [2.24, 2.45) is 0 Å². The minimum atomic E-state index is -0.882. The Kier molecular flexibility index (Phi) is 5.49. The monoisotopic (exact) mass is 357 g/mol. The molecular weight excluding hydrogens is 334 g/mol. The Balaban J connectivity index is 1.72. The van der Waals surface area contributed by atoms with Crippen molar-refractivity contribution in [2.75, 3.05) is 39.8 Å². The number of aliphatic carboxylic acids is 1. The van der Waals surface area contributed by atoms with Crippen LogP contribution in [-0.4, -0.2) is 77.7 Å². The highest BCUT2D eigenvalue weighted by Crippen LogP contribution is 2.19. The predicted octanol–water partition coefficient (Wildman–Crippen LogP) is 1.40. The summed E-state index contributed by atoms with van der Waals surface area (Å²) >= 11 is 0. The van der Waals surface area contributed by atoms with Crippen molar-refractivity contribution in [1.29, 1.82) is 0 Å². The van der Waals surface area contributed by atoms with Crippen LogP contribution in [0, 0.1) is 6.92 Å². The molecule has 1 N–H and O–H groups in total. The van der Waals surface area contributed by atoms with Gasteiger partial charge in [0.15, 0.2) is 0 Å². The quantitative estimate of drug-likeness (QED) is 0.871. The van der Waals surface area contributed by atoms with E-state index in [1.165, 1.54) is 0 Å². The van der Waals surface area contributed by atoms with E-state index < -0.39 is 5.97 Å². The minimum absolute atomic E-state index is 0.0563. The molecule has 1 fully saturated rings. The molecule has 1 saturated heterocycles. The summed E-state index contributed by atoms with van der Waals surface area (Å²) in [7, 11) is 1.73. The highest BCUT2D eigenvalue weighted by Gasteiger charge is 2.27. The minimum Gasteiger partial charge on any atom is -0.480 e. The lowest BCUT2D eigenvalue weighted by Gasteiger charge is -2.34. The van der Waals surface area contributed by atoms with Crippen LogP contribution in [0.15, 0.2) is 30.3 Å². The van der Waals surface area contributed by atoms with Gasteiger partial charge >= 0.3 is 5.97 Å². The number of hydrogen-bond donors (Lipinski definition) is 1. The van der Waals surface area contributed by atoms with Crippen LogP contribution in [0.5, 0.6) is 0 Å². The summed E-state index contributed by atoms with van der Waals surface area (Å²) in [5.74, 6) is -1.000. The first-order valence-corrected chi connectivity index (χ1v) is 8.61. The first-order chi connectivity index (χ1) is 12.4. The van der Waals surface area contributed by atoms with Crippen molar-refractivity contribution in [3.63, 3.8) is 0 Å². The second-order valence-electron chi connectivity index (χ2n) is 6.68. The molecule has 7 nitrogen and oxygen atoms in total. The highest BCUT2D eigenvalue weighted by atomic mass is 16.5. The van der Waals surface area contributed by atoms with Crippen LogP contribution in [-0.2, 0) is 9.53 Å². The van der Waals surface area contributed by atoms with Crippen molar-refractivity contribution in [3.8, 4) is 0 Å². The Hall–Kier alpha value is -2.51. The molecular formula is C19H23N3O4. The number of nitrogens with zero attached hydrogens (tertiary/aromatic N) is 3. The summed E-state index contributed by atoms with van der Waals surface area (Å²) in [5, 5.41) is 9.90. The van der Waals surface area contributed by atoms with E-state index in [2.05, 4.69) is 4.98 Å². The lowest BCUT2D eigenvalue weighted by Crippen LogP contribution is -2.49. The van der Waals surface area contributed by atoms with Crippen molar-refractivity contribution >= 4 is 22.8 Å². The molecule has 3 rings (SSSR count). The predicted molar refractivity (Wildman–Crippen MR) is 97.3 cm³/mol. The van der Waals surface area contributed by atoms with E-state index >= 15 is 0 Å². The number of benzene rings is 1. The zero-order valence-corrected chi connectivity index (χ0v) is 15.0. The average molecular weight is 357 g/mol. The molecule has 1 aromatic heterocycles. The van der Waals surface area contributed by atoms with Crippen LogP contribution < -0.4 is 0 Å². The zero-order valence-electron chi connectivity index (χ0n) is 15.0. The fourth-order valence-corrected chi connectivity index (χ4v) is 3.28. The molecule has 0 unspecified atom stereocenters. The van der Waals surface area contributed by atoms with Gasteiger partial charge in [0, 0.05) is 25.0 Å². The number of carboxylic acids is 1. The molecule has 1 amide bonds. The van der Waals surface area contributed by atoms with Gasteiger partial charge < -0.3 is 14.7 Å². The second-order valence-corrected chi connectivity index (χ2v) is 6.68. The van der Waals surface area contributed by atoms with Gasteiger partial charge in [0.25, 0.3) is 5.91 Å². The van der Waals surface area contributed by atoms with E-state index in [0.29, 0.717) is 31.9 Å². The highest BCUT2D eigenvalue weighted by molar-refractivity contribution is 5.96. The standard InChI is InChI=1S/C19H23N3O4/c1-13-9-17(20-16-6-4-3-5-15(13)16)19(25)22-7-8-26-14(11-22)10-21(2)12-18(23)24/h3-6,9,14H,7-8,10-12H2,1-2H3,(H,23,24)/t14-/m0/s1. The van der Waals surface area contributed by atoms with Crippen molar-refractivity contribution in [3.05, 3.63) is 41.6 Å². The van der Waals surface area contributed by atoms with E-state index in [4.69, 9.17) is 9.84 Å². The molecule has 0 bridgehead atoms. The van der Waals surface area contributed by atoms with Crippen LogP contribution in [0.1, 0.15) is 16.1 Å². The van der Waals surface area contributed by atoms with E-state index in [-0.39, 0.29) is 18.6 Å². The van der Waals surface area contributed by atoms with Gasteiger partial charge in [-0.05, 0) is 31.7 Å². The van der Waals surface area contributed by atoms with Crippen LogP contribution >= 0.6 is 0 Å². The molecule has 2 heterocycles. The third kappa shape index (κ3) is 4.17. The lowest BCUT2D eigenvalue weighted by molar-refractivity contribution is -0.138. The van der Waals surface area contributed by atoms with Gasteiger partial charge in [-0.15, -0.1) is 0 Å². The number of morpholine rings is 1. The Morgan fingerprint density at radius 3 is 2.92 bits per heavy atom. The smallest absolute Gasteiger partial charge is 0.317 e. The van der Waals surface area contributed by atoms with Gasteiger partial charge in [-0.25, -0.2) is 4.98 Å². The summed E-state index contributed by atoms with van der Waals surface area (Å²) in [6, 6.07) is 9.59. The Morgan fingerprint density at radius 1 is 1.38 bits per heavy atom. The van der Waals surface area contributed by atoms with Gasteiger partial charge in [0.05, 0.1) is 24.8 Å². The Labute approximate surface area is 152 Å². The van der Waals surface area contributed by atoms with Gasteiger partial charge in [-0.2, -0.15) is 0 Å². The molecule has 1 aliphatic rings. The second kappa shape index (κ2) is 7.80. The number of fused-ring (bicyclic) bond motifs is 1. The summed E-state index contributed by atoms with van der Waals surface area (Å²) in [5.41, 5.74) is 2.26. The first kappa shape index (κ1) is 18.3. The number of rotatable bonds is 5. The summed E-state index contributed by atoms with van der Waals surface area (Å²) in [4.78, 5) is 31.6. The fraction of sp³-hybridized carbons (Fsp3) is 0.421. The maximum atomic E-state index is 12.9. The third-order valence-electron chi connectivity index (χ3n) is 4.49. The molecule has 1 aliphatic heterocycles. The number of hydrogen-bond acceptors (Lipinski definition) is 5. The Morgan fingerprint density at radius 2 is 2.15 bits per heavy atom. The van der Waals surface area contributed by atoms with Crippen LogP contribution in [0.25, 0.3) is 10.9 Å². The van der Waals surface area contributed by atoms with Crippen molar-refractivity contribution < 1.29 is 19.4 Å². The number of aromatic nitrogens is 1. The number of aryl methyl sites for hydroxylation is 1. The van der Waals surface area contributed by atoms with Crippen LogP contribution in [0.3, 0.4) is 0 Å².